The second-order valence-corrected chi connectivity index (χ2v) is 9.50. The first kappa shape index (κ1) is 28.5. The number of rotatable bonds is 7. The molecule has 0 spiro atoms. The number of pyridine rings is 1. The van der Waals surface area contributed by atoms with Gasteiger partial charge in [-0.15, -0.1) is 41.5 Å². The van der Waals surface area contributed by atoms with Crippen LogP contribution in [0.25, 0.3) is 28.1 Å². The second-order valence-electron chi connectivity index (χ2n) is 9.50. The summed E-state index contributed by atoms with van der Waals surface area (Å²) in [5, 5.41) is 1.13. The number of fused-ring (bicyclic) bond motifs is 1. The topological polar surface area (TPSA) is 12.9 Å². The number of nitrogens with zero attached hydrogens (tertiary/aromatic N) is 1. The molecule has 6 rings (SSSR count). The fourth-order valence-electron chi connectivity index (χ4n) is 5.13. The second kappa shape index (κ2) is 14.5. The van der Waals surface area contributed by atoms with Crippen molar-refractivity contribution in [2.24, 2.45) is 0 Å². The number of halogens is 1. The van der Waals surface area contributed by atoms with Gasteiger partial charge in [0.1, 0.15) is 0 Å². The van der Waals surface area contributed by atoms with Crippen LogP contribution in [0.4, 0.5) is 0 Å². The molecule has 6 aromatic rings. The van der Waals surface area contributed by atoms with E-state index in [-0.39, 0.29) is 5.92 Å². The van der Waals surface area contributed by atoms with Crippen molar-refractivity contribution in [2.75, 3.05) is 0 Å². The number of hydrogen-bond acceptors (Lipinski definition) is 1. The number of para-hydroxylation sites is 1. The zero-order valence-corrected chi connectivity index (χ0v) is 24.6. The first-order valence-electron chi connectivity index (χ1n) is 13.4. The molecule has 0 radical (unpaired) electrons. The number of aromatic nitrogens is 1. The van der Waals surface area contributed by atoms with Crippen molar-refractivity contribution in [1.29, 1.82) is 0 Å². The van der Waals surface area contributed by atoms with E-state index in [0.717, 1.165) is 33.2 Å². The molecule has 0 aliphatic rings. The Labute approximate surface area is 257 Å². The average molecular weight is 641 g/mol. The molecule has 0 N–H and O–H groups in total. The van der Waals surface area contributed by atoms with Gasteiger partial charge in [0.15, 0.2) is 0 Å². The predicted molar refractivity (Wildman–Crippen MR) is 170 cm³/mol. The van der Waals surface area contributed by atoms with E-state index in [1.165, 1.54) is 16.7 Å². The van der Waals surface area contributed by atoms with Crippen molar-refractivity contribution in [2.45, 2.75) is 5.92 Å². The Morgan fingerprint density at radius 2 is 1.17 bits per heavy atom. The maximum absolute atomic E-state index is 4.76. The van der Waals surface area contributed by atoms with Crippen molar-refractivity contribution < 1.29 is 18.2 Å². The first-order chi connectivity index (χ1) is 20.4. The van der Waals surface area contributed by atoms with Crippen LogP contribution in [-0.2, 0) is 18.2 Å². The normalized spacial score (nSPS) is 12.4. The van der Waals surface area contributed by atoms with E-state index in [2.05, 4.69) is 179 Å². The number of benzene rings is 5. The fraction of sp³-hybridized carbons (Fsp3) is 0.0263. The van der Waals surface area contributed by atoms with Crippen LogP contribution in [0.1, 0.15) is 33.7 Å². The van der Waals surface area contributed by atoms with Crippen molar-refractivity contribution in [3.05, 3.63) is 192 Å². The van der Waals surface area contributed by atoms with E-state index < -0.39 is 0 Å². The van der Waals surface area contributed by atoms with Crippen molar-refractivity contribution in [1.82, 2.24) is 4.98 Å². The van der Waals surface area contributed by atoms with Gasteiger partial charge in [-0.1, -0.05) is 127 Å². The van der Waals surface area contributed by atoms with Crippen LogP contribution in [0.2, 0.25) is 0 Å². The molecular formula is C38H28ClNPd. The zero-order valence-electron chi connectivity index (χ0n) is 22.3. The molecule has 0 amide bonds. The molecule has 1 aromatic heterocycles. The summed E-state index contributed by atoms with van der Waals surface area (Å²) < 4.78 is 0. The number of hydrogen-bond donors (Lipinski definition) is 0. The van der Waals surface area contributed by atoms with Gasteiger partial charge in [0, 0.05) is 23.1 Å². The Balaban J connectivity index is 0.00000165. The quantitative estimate of drug-likeness (QED) is 0.0962. The molecule has 0 fully saturated rings. The molecule has 5 aromatic carbocycles. The average Bonchev–Trinajstić information content (AvgIpc) is 3.07. The van der Waals surface area contributed by atoms with Gasteiger partial charge in [0.25, 0.3) is 0 Å². The van der Waals surface area contributed by atoms with Crippen LogP contribution >= 0.6 is 9.53 Å². The molecule has 41 heavy (non-hydrogen) atoms. The van der Waals surface area contributed by atoms with Gasteiger partial charge in [-0.2, -0.15) is 0 Å². The molecule has 0 saturated carbocycles. The minimum absolute atomic E-state index is 0.0739. The summed E-state index contributed by atoms with van der Waals surface area (Å²) >= 11 is 2.22. The molecule has 0 aliphatic heterocycles. The van der Waals surface area contributed by atoms with Crippen LogP contribution < -0.4 is 0 Å². The van der Waals surface area contributed by atoms with E-state index in [9.17, 15) is 0 Å². The third-order valence-electron chi connectivity index (χ3n) is 6.95. The summed E-state index contributed by atoms with van der Waals surface area (Å²) in [6.07, 6.45) is 8.01. The van der Waals surface area contributed by atoms with Crippen LogP contribution in [-0.4, -0.2) is 4.98 Å². The van der Waals surface area contributed by atoms with Gasteiger partial charge in [-0.3, -0.25) is 4.98 Å². The molecule has 202 valence electrons. The Kier molecular flexibility index (Phi) is 10.1. The Morgan fingerprint density at radius 1 is 0.610 bits per heavy atom. The van der Waals surface area contributed by atoms with Crippen molar-refractivity contribution in [3.8, 4) is 0 Å². The summed E-state index contributed by atoms with van der Waals surface area (Å²) in [4.78, 5) is 4.76. The Morgan fingerprint density at radius 3 is 1.83 bits per heavy atom. The number of allylic oxidation sites excluding steroid dienone is 2. The fourth-order valence-corrected chi connectivity index (χ4v) is 5.13. The molecule has 1 nitrogen and oxygen atoms in total. The minimum atomic E-state index is -0.0739. The maximum atomic E-state index is 4.76. The van der Waals surface area contributed by atoms with Crippen LogP contribution in [0.5, 0.6) is 0 Å². The summed E-state index contributed by atoms with van der Waals surface area (Å²) in [6.45, 7) is 0. The monoisotopic (exact) mass is 639 g/mol. The molecule has 3 heteroatoms. The summed E-state index contributed by atoms with van der Waals surface area (Å²) in [5.74, 6) is -0.0739. The molecule has 0 bridgehead atoms. The third-order valence-corrected chi connectivity index (χ3v) is 6.95. The first-order valence-corrected chi connectivity index (χ1v) is 15.4. The van der Waals surface area contributed by atoms with Gasteiger partial charge < -0.3 is 0 Å². The van der Waals surface area contributed by atoms with Gasteiger partial charge in [-0.05, 0) is 28.8 Å². The van der Waals surface area contributed by atoms with Gasteiger partial charge in [0.2, 0.25) is 0 Å². The standard InChI is InChI=1S/C38H28N.ClH.Pd/c1-5-15-29(16-6-1)27-35(30-17-7-2-8-18-30)37(32-21-11-4-12-22-32)36(31-19-9-3-10-20-31)28-34-24-13-23-33-25-14-26-39-38(33)34;;/h1-26,28,37H;1H;/q-1;;+2/p-1/b36-28+;;. The SMILES string of the molecule is [C-](=C(c1ccccc1)C(/C(=C/c1cccc2cccnc12)c1ccccc1)c1ccccc1)c1ccccc1.[Cl][Pd+]. The molecule has 0 saturated heterocycles. The molecule has 0 aliphatic carbocycles. The Bertz CT molecular complexity index is 1730. The van der Waals surface area contributed by atoms with Crippen LogP contribution in [0, 0.1) is 6.08 Å². The van der Waals surface area contributed by atoms with Crippen molar-refractivity contribution in [3.63, 3.8) is 0 Å². The van der Waals surface area contributed by atoms with Gasteiger partial charge >= 0.3 is 27.7 Å². The predicted octanol–water partition coefficient (Wildman–Crippen LogP) is 10.2. The van der Waals surface area contributed by atoms with E-state index in [4.69, 9.17) is 4.98 Å². The zero-order chi connectivity index (χ0) is 28.3. The van der Waals surface area contributed by atoms with Crippen molar-refractivity contribution >= 4 is 37.7 Å². The van der Waals surface area contributed by atoms with Gasteiger partial charge in [0.05, 0.1) is 5.52 Å². The van der Waals surface area contributed by atoms with E-state index >= 15 is 0 Å². The summed E-state index contributed by atoms with van der Waals surface area (Å²) in [5.41, 5.74) is 8.99. The summed E-state index contributed by atoms with van der Waals surface area (Å²) in [7, 11) is 4.49. The van der Waals surface area contributed by atoms with E-state index in [1.54, 1.807) is 0 Å². The van der Waals surface area contributed by atoms with Crippen LogP contribution in [0.15, 0.2) is 158 Å². The molecule has 1 atom stereocenters. The molecular weight excluding hydrogens is 612 g/mol. The van der Waals surface area contributed by atoms with Crippen LogP contribution in [0.3, 0.4) is 0 Å². The summed E-state index contributed by atoms with van der Waals surface area (Å²) in [6, 6.07) is 53.0. The van der Waals surface area contributed by atoms with E-state index in [0.29, 0.717) is 0 Å². The van der Waals surface area contributed by atoms with E-state index in [1.807, 2.05) is 18.3 Å². The molecule has 1 unspecified atom stereocenters. The Hall–Kier alpha value is -4.06. The molecule has 1 heterocycles. The van der Waals surface area contributed by atoms with Gasteiger partial charge in [-0.25, -0.2) is 0 Å². The third kappa shape index (κ3) is 6.99.